The van der Waals surface area contributed by atoms with Crippen LogP contribution in [-0.2, 0) is 9.47 Å². The van der Waals surface area contributed by atoms with Crippen molar-refractivity contribution < 1.29 is 9.47 Å². The molecule has 2 aliphatic rings. The van der Waals surface area contributed by atoms with E-state index in [1.54, 1.807) is 6.61 Å². The third-order valence-corrected chi connectivity index (χ3v) is 0.810. The maximum Gasteiger partial charge on any atom is 0.222 e. The van der Waals surface area contributed by atoms with E-state index in [0.717, 1.165) is 6.61 Å². The van der Waals surface area contributed by atoms with E-state index >= 15 is 0 Å². The summed E-state index contributed by atoms with van der Waals surface area (Å²) in [5.41, 5.74) is 0. The quantitative estimate of drug-likeness (QED) is 0.373. The molecule has 0 aromatic rings. The minimum Gasteiger partial charge on any atom is -0.340 e. The zero-order valence-electron chi connectivity index (χ0n) is 2.60. The Morgan fingerprint density at radius 2 is 2.40 bits per heavy atom. The van der Waals surface area contributed by atoms with Crippen molar-refractivity contribution in [1.29, 1.82) is 0 Å². The highest BCUT2D eigenvalue weighted by atomic mass is 16.9. The fourth-order valence-electron chi connectivity index (χ4n) is 0.273. The number of hydrogen-bond acceptors (Lipinski definition) is 2. The lowest BCUT2D eigenvalue weighted by atomic mass is 10.6. The predicted molar refractivity (Wildman–Crippen MR) is 14.1 cm³/mol. The Bertz CT molecular complexity index is 47.8. The van der Waals surface area contributed by atoms with E-state index in [2.05, 4.69) is 4.74 Å². The second kappa shape index (κ2) is 0.340. The first-order chi connectivity index (χ1) is 2.41. The zero-order valence-corrected chi connectivity index (χ0v) is 2.60. The Kier molecular flexibility index (Phi) is 0.147. The number of ether oxygens (including phenoxy) is 2. The average molecular weight is 71.1 g/mol. The van der Waals surface area contributed by atoms with E-state index in [9.17, 15) is 0 Å². The largest absolute Gasteiger partial charge is 0.340 e. The SMILES string of the molecule is [CH]1OC12CO2. The molecule has 0 aromatic heterocycles. The Morgan fingerprint density at radius 3 is 2.40 bits per heavy atom. The average Bonchev–Trinajstić information content (AvgIpc) is 2.17. The van der Waals surface area contributed by atoms with Crippen LogP contribution in [0.4, 0.5) is 0 Å². The summed E-state index contributed by atoms with van der Waals surface area (Å²) in [6.45, 7) is 2.49. The van der Waals surface area contributed by atoms with Gasteiger partial charge in [-0.05, 0) is 0 Å². The molecule has 2 aliphatic heterocycles. The summed E-state index contributed by atoms with van der Waals surface area (Å²) in [7, 11) is 0. The monoisotopic (exact) mass is 71.0 g/mol. The van der Waals surface area contributed by atoms with Crippen LogP contribution in [0.5, 0.6) is 0 Å². The number of epoxide rings is 2. The molecular weight excluding hydrogens is 68.0 g/mol. The molecule has 2 nitrogen and oxygen atoms in total. The Labute approximate surface area is 29.7 Å². The van der Waals surface area contributed by atoms with E-state index in [-0.39, 0.29) is 5.79 Å². The molecular formula is C3H3O2. The zero-order chi connectivity index (χ0) is 3.33. The molecule has 2 heterocycles. The highest BCUT2D eigenvalue weighted by Crippen LogP contribution is 2.45. The molecule has 1 unspecified atom stereocenters. The van der Waals surface area contributed by atoms with Crippen LogP contribution in [-0.4, -0.2) is 12.4 Å². The third kappa shape index (κ3) is 0.147. The number of rotatable bonds is 0. The minimum absolute atomic E-state index is 0.125. The number of hydrogen-bond donors (Lipinski definition) is 0. The van der Waals surface area contributed by atoms with Gasteiger partial charge in [0.15, 0.2) is 0 Å². The summed E-state index contributed by atoms with van der Waals surface area (Å²) in [4.78, 5) is 0. The van der Waals surface area contributed by atoms with Crippen molar-refractivity contribution in [3.8, 4) is 0 Å². The van der Waals surface area contributed by atoms with E-state index < -0.39 is 0 Å². The van der Waals surface area contributed by atoms with Gasteiger partial charge in [0.1, 0.15) is 13.2 Å². The topological polar surface area (TPSA) is 25.1 Å². The lowest BCUT2D eigenvalue weighted by Crippen LogP contribution is -1.72. The third-order valence-electron chi connectivity index (χ3n) is 0.810. The van der Waals surface area contributed by atoms with Crippen molar-refractivity contribution in [2.45, 2.75) is 5.79 Å². The lowest BCUT2D eigenvalue weighted by Gasteiger charge is -1.52. The summed E-state index contributed by atoms with van der Waals surface area (Å²) in [5.74, 6) is -0.125. The van der Waals surface area contributed by atoms with Gasteiger partial charge in [0, 0.05) is 0 Å². The van der Waals surface area contributed by atoms with Crippen molar-refractivity contribution in [1.82, 2.24) is 0 Å². The van der Waals surface area contributed by atoms with Crippen molar-refractivity contribution in [2.75, 3.05) is 6.61 Å². The second-order valence-electron chi connectivity index (χ2n) is 1.34. The first kappa shape index (κ1) is 2.16. The van der Waals surface area contributed by atoms with Crippen molar-refractivity contribution in [3.05, 3.63) is 6.61 Å². The molecule has 2 rings (SSSR count). The summed E-state index contributed by atoms with van der Waals surface area (Å²) >= 11 is 0. The van der Waals surface area contributed by atoms with Crippen LogP contribution in [0.3, 0.4) is 0 Å². The van der Waals surface area contributed by atoms with Gasteiger partial charge in [-0.15, -0.1) is 0 Å². The Hall–Kier alpha value is -0.0800. The molecule has 27 valence electrons. The van der Waals surface area contributed by atoms with Gasteiger partial charge >= 0.3 is 0 Å². The van der Waals surface area contributed by atoms with Crippen molar-refractivity contribution >= 4 is 0 Å². The van der Waals surface area contributed by atoms with Gasteiger partial charge in [-0.3, -0.25) is 0 Å². The standard InChI is InChI=1S/C3H3O2/c1-3(4-1)2-5-3/h1H,2H2. The molecule has 0 saturated carbocycles. The van der Waals surface area contributed by atoms with Crippen LogP contribution < -0.4 is 0 Å². The van der Waals surface area contributed by atoms with Gasteiger partial charge in [0.05, 0.1) is 0 Å². The fraction of sp³-hybridized carbons (Fsp3) is 0.667. The predicted octanol–water partition coefficient (Wildman–Crippen LogP) is -0.0951. The molecule has 0 N–H and O–H groups in total. The Balaban J connectivity index is 2.30. The molecule has 2 fully saturated rings. The molecule has 2 saturated heterocycles. The highest BCUT2D eigenvalue weighted by molar-refractivity contribution is 5.03. The Morgan fingerprint density at radius 1 is 1.80 bits per heavy atom. The van der Waals surface area contributed by atoms with Gasteiger partial charge < -0.3 is 9.47 Å². The smallest absolute Gasteiger partial charge is 0.222 e. The van der Waals surface area contributed by atoms with Crippen molar-refractivity contribution in [3.63, 3.8) is 0 Å². The molecule has 0 amide bonds. The first-order valence-electron chi connectivity index (χ1n) is 1.57. The van der Waals surface area contributed by atoms with Gasteiger partial charge in [-0.1, -0.05) is 0 Å². The van der Waals surface area contributed by atoms with Crippen LogP contribution in [0.1, 0.15) is 0 Å². The molecule has 1 radical (unpaired) electrons. The van der Waals surface area contributed by atoms with Crippen LogP contribution >= 0.6 is 0 Å². The molecule has 0 aromatic carbocycles. The maximum absolute atomic E-state index is 4.73. The molecule has 0 bridgehead atoms. The van der Waals surface area contributed by atoms with E-state index in [4.69, 9.17) is 4.74 Å². The van der Waals surface area contributed by atoms with Crippen molar-refractivity contribution in [2.24, 2.45) is 0 Å². The fourth-order valence-corrected chi connectivity index (χ4v) is 0.273. The maximum atomic E-state index is 4.73. The molecule has 0 aliphatic carbocycles. The molecule has 1 atom stereocenters. The van der Waals surface area contributed by atoms with Crippen LogP contribution in [0.25, 0.3) is 0 Å². The van der Waals surface area contributed by atoms with E-state index in [0.29, 0.717) is 0 Å². The molecule has 5 heavy (non-hydrogen) atoms. The summed E-state index contributed by atoms with van der Waals surface area (Å²) in [6.07, 6.45) is 0. The van der Waals surface area contributed by atoms with Gasteiger partial charge in [0.25, 0.3) is 0 Å². The van der Waals surface area contributed by atoms with Crippen LogP contribution in [0.2, 0.25) is 0 Å². The summed E-state index contributed by atoms with van der Waals surface area (Å²) in [5, 5.41) is 0. The summed E-state index contributed by atoms with van der Waals surface area (Å²) < 4.78 is 9.39. The first-order valence-corrected chi connectivity index (χ1v) is 1.57. The lowest BCUT2D eigenvalue weighted by molar-refractivity contribution is 0.258. The van der Waals surface area contributed by atoms with E-state index in [1.165, 1.54) is 0 Å². The summed E-state index contributed by atoms with van der Waals surface area (Å²) in [6, 6.07) is 0. The second-order valence-corrected chi connectivity index (χ2v) is 1.34. The van der Waals surface area contributed by atoms with E-state index in [1.807, 2.05) is 0 Å². The minimum atomic E-state index is -0.125. The normalized spacial score (nSPS) is 38.4. The van der Waals surface area contributed by atoms with Gasteiger partial charge in [-0.25, -0.2) is 0 Å². The highest BCUT2D eigenvalue weighted by Gasteiger charge is 2.60. The van der Waals surface area contributed by atoms with Gasteiger partial charge in [0.2, 0.25) is 5.79 Å². The molecule has 2 heteroatoms. The molecule has 1 spiro atoms. The van der Waals surface area contributed by atoms with Gasteiger partial charge in [-0.2, -0.15) is 0 Å². The van der Waals surface area contributed by atoms with Crippen LogP contribution in [0, 0.1) is 6.61 Å². The van der Waals surface area contributed by atoms with Crippen LogP contribution in [0.15, 0.2) is 0 Å².